The molecule has 0 aliphatic carbocycles. The van der Waals surface area contributed by atoms with Crippen LogP contribution in [0.25, 0.3) is 0 Å². The van der Waals surface area contributed by atoms with Gasteiger partial charge < -0.3 is 15.2 Å². The summed E-state index contributed by atoms with van der Waals surface area (Å²) in [5.41, 5.74) is 0.884. The molecule has 5 heteroatoms. The highest BCUT2D eigenvalue weighted by Gasteiger charge is 2.23. The van der Waals surface area contributed by atoms with Crippen LogP contribution in [0, 0.1) is 6.92 Å². The maximum Gasteiger partial charge on any atom is 0.223 e. The highest BCUT2D eigenvalue weighted by Crippen LogP contribution is 2.22. The molecule has 0 saturated carbocycles. The lowest BCUT2D eigenvalue weighted by atomic mass is 9.99. The summed E-state index contributed by atoms with van der Waals surface area (Å²) in [5, 5.41) is 16.8. The van der Waals surface area contributed by atoms with Crippen molar-refractivity contribution in [3.63, 3.8) is 0 Å². The Kier molecular flexibility index (Phi) is 5.57. The van der Waals surface area contributed by atoms with E-state index in [9.17, 15) is 9.90 Å². The van der Waals surface area contributed by atoms with Gasteiger partial charge >= 0.3 is 0 Å². The summed E-state index contributed by atoms with van der Waals surface area (Å²) in [5.74, 6) is 0.626. The fourth-order valence-corrected chi connectivity index (χ4v) is 2.78. The number of hydrogen-bond acceptors (Lipinski definition) is 4. The van der Waals surface area contributed by atoms with Gasteiger partial charge in [-0.2, -0.15) is 11.3 Å². The highest BCUT2D eigenvalue weighted by atomic mass is 32.1. The van der Waals surface area contributed by atoms with Crippen molar-refractivity contribution in [3.8, 4) is 5.75 Å². The number of aryl methyl sites for hydroxylation is 1. The van der Waals surface area contributed by atoms with Gasteiger partial charge in [-0.25, -0.2) is 0 Å². The third kappa shape index (κ3) is 4.86. The quantitative estimate of drug-likeness (QED) is 0.825. The van der Waals surface area contributed by atoms with Gasteiger partial charge in [-0.15, -0.1) is 0 Å². The van der Waals surface area contributed by atoms with E-state index < -0.39 is 5.60 Å². The van der Waals surface area contributed by atoms with Crippen molar-refractivity contribution in [2.45, 2.75) is 25.9 Å². The lowest BCUT2D eigenvalue weighted by molar-refractivity contribution is -0.122. The Labute approximate surface area is 134 Å². The maximum atomic E-state index is 11.8. The van der Waals surface area contributed by atoms with Crippen molar-refractivity contribution in [2.75, 3.05) is 13.2 Å². The molecule has 2 rings (SSSR count). The maximum absolute atomic E-state index is 11.8. The van der Waals surface area contributed by atoms with Crippen LogP contribution in [0.15, 0.2) is 41.1 Å². The number of carbonyl (C=O) groups is 1. The normalized spacial score (nSPS) is 13.4. The standard InChI is InChI=1S/C17H21NO3S/c1-13-4-3-5-15(10-13)21-8-6-16(19)18-12-17(2,20)14-7-9-22-11-14/h3-5,7,9-11,20H,6,8,12H2,1-2H3,(H,18,19). The van der Waals surface area contributed by atoms with E-state index in [4.69, 9.17) is 4.74 Å². The van der Waals surface area contributed by atoms with Crippen molar-refractivity contribution in [3.05, 3.63) is 52.2 Å². The second-order valence-electron chi connectivity index (χ2n) is 5.48. The van der Waals surface area contributed by atoms with Crippen LogP contribution >= 0.6 is 11.3 Å². The Morgan fingerprint density at radius 1 is 1.41 bits per heavy atom. The van der Waals surface area contributed by atoms with Gasteiger partial charge in [0.05, 0.1) is 19.6 Å². The SMILES string of the molecule is Cc1cccc(OCCC(=O)NCC(C)(O)c2ccsc2)c1. The first kappa shape index (κ1) is 16.5. The predicted molar refractivity (Wildman–Crippen MR) is 88.2 cm³/mol. The molecule has 2 N–H and O–H groups in total. The van der Waals surface area contributed by atoms with Crippen LogP contribution in [-0.4, -0.2) is 24.2 Å². The molecule has 1 amide bonds. The molecule has 0 aliphatic rings. The Balaban J connectivity index is 1.72. The fourth-order valence-electron chi connectivity index (χ4n) is 2.00. The van der Waals surface area contributed by atoms with Crippen LogP contribution in [0.2, 0.25) is 0 Å². The van der Waals surface area contributed by atoms with Crippen LogP contribution in [0.4, 0.5) is 0 Å². The molecule has 118 valence electrons. The van der Waals surface area contributed by atoms with E-state index in [0.717, 1.165) is 16.9 Å². The molecule has 2 aromatic rings. The Morgan fingerprint density at radius 2 is 2.23 bits per heavy atom. The van der Waals surface area contributed by atoms with Gasteiger partial charge in [0.1, 0.15) is 11.4 Å². The fraction of sp³-hybridized carbons (Fsp3) is 0.353. The van der Waals surface area contributed by atoms with E-state index in [1.807, 2.05) is 48.0 Å². The number of hydrogen-bond donors (Lipinski definition) is 2. The minimum atomic E-state index is -1.05. The molecular formula is C17H21NO3S. The van der Waals surface area contributed by atoms with Gasteiger partial charge in [-0.3, -0.25) is 4.79 Å². The van der Waals surface area contributed by atoms with Gasteiger partial charge in [-0.05, 0) is 53.9 Å². The lowest BCUT2D eigenvalue weighted by Gasteiger charge is -2.22. The van der Waals surface area contributed by atoms with Crippen molar-refractivity contribution in [2.24, 2.45) is 0 Å². The number of thiophene rings is 1. The smallest absolute Gasteiger partial charge is 0.223 e. The molecule has 1 aromatic heterocycles. The van der Waals surface area contributed by atoms with Crippen LogP contribution in [0.5, 0.6) is 5.75 Å². The van der Waals surface area contributed by atoms with E-state index in [-0.39, 0.29) is 18.9 Å². The second kappa shape index (κ2) is 7.42. The van der Waals surface area contributed by atoms with Gasteiger partial charge in [-0.1, -0.05) is 12.1 Å². The summed E-state index contributed by atoms with van der Waals surface area (Å²) < 4.78 is 5.54. The van der Waals surface area contributed by atoms with Crippen molar-refractivity contribution >= 4 is 17.2 Å². The van der Waals surface area contributed by atoms with E-state index in [1.54, 1.807) is 6.92 Å². The predicted octanol–water partition coefficient (Wildman–Crippen LogP) is 2.85. The summed E-state index contributed by atoms with van der Waals surface area (Å²) in [6.45, 7) is 4.19. The zero-order valence-corrected chi connectivity index (χ0v) is 13.7. The average Bonchev–Trinajstić information content (AvgIpc) is 3.00. The summed E-state index contributed by atoms with van der Waals surface area (Å²) in [6, 6.07) is 9.57. The molecule has 1 atom stereocenters. The molecule has 1 heterocycles. The minimum Gasteiger partial charge on any atom is -0.493 e. The molecule has 0 fully saturated rings. The van der Waals surface area contributed by atoms with E-state index in [0.29, 0.717) is 6.61 Å². The van der Waals surface area contributed by atoms with Crippen molar-refractivity contribution in [1.29, 1.82) is 0 Å². The second-order valence-corrected chi connectivity index (χ2v) is 6.26. The number of amides is 1. The third-order valence-corrected chi connectivity index (χ3v) is 4.04. The number of aliphatic hydroxyl groups is 1. The molecule has 0 saturated heterocycles. The lowest BCUT2D eigenvalue weighted by Crippen LogP contribution is -2.38. The third-order valence-electron chi connectivity index (χ3n) is 3.36. The molecule has 0 radical (unpaired) electrons. The van der Waals surface area contributed by atoms with E-state index >= 15 is 0 Å². The first-order chi connectivity index (χ1) is 10.5. The number of rotatable bonds is 7. The largest absolute Gasteiger partial charge is 0.493 e. The highest BCUT2D eigenvalue weighted by molar-refractivity contribution is 7.08. The average molecular weight is 319 g/mol. The molecule has 0 aliphatic heterocycles. The van der Waals surface area contributed by atoms with Crippen LogP contribution in [0.1, 0.15) is 24.5 Å². The molecule has 4 nitrogen and oxygen atoms in total. The summed E-state index contributed by atoms with van der Waals surface area (Å²) in [4.78, 5) is 11.8. The van der Waals surface area contributed by atoms with Gasteiger partial charge in [0, 0.05) is 0 Å². The molecular weight excluding hydrogens is 298 g/mol. The Morgan fingerprint density at radius 3 is 2.91 bits per heavy atom. The van der Waals surface area contributed by atoms with Crippen molar-refractivity contribution < 1.29 is 14.6 Å². The summed E-state index contributed by atoms with van der Waals surface area (Å²) >= 11 is 1.52. The van der Waals surface area contributed by atoms with Gasteiger partial charge in [0.15, 0.2) is 0 Å². The molecule has 22 heavy (non-hydrogen) atoms. The number of benzene rings is 1. The van der Waals surface area contributed by atoms with Crippen LogP contribution in [0.3, 0.4) is 0 Å². The number of nitrogens with one attached hydrogen (secondary N) is 1. The van der Waals surface area contributed by atoms with Crippen molar-refractivity contribution in [1.82, 2.24) is 5.32 Å². The van der Waals surface area contributed by atoms with E-state index in [1.165, 1.54) is 11.3 Å². The summed E-state index contributed by atoms with van der Waals surface area (Å²) in [6.07, 6.45) is 0.258. The molecule has 1 aromatic carbocycles. The van der Waals surface area contributed by atoms with Crippen LogP contribution < -0.4 is 10.1 Å². The topological polar surface area (TPSA) is 58.6 Å². The minimum absolute atomic E-state index is 0.136. The Bertz CT molecular complexity index is 608. The zero-order valence-electron chi connectivity index (χ0n) is 12.8. The van der Waals surface area contributed by atoms with Crippen LogP contribution in [-0.2, 0) is 10.4 Å². The monoisotopic (exact) mass is 319 g/mol. The zero-order chi connectivity index (χ0) is 16.0. The number of ether oxygens (including phenoxy) is 1. The molecule has 0 bridgehead atoms. The molecule has 1 unspecified atom stereocenters. The van der Waals surface area contributed by atoms with E-state index in [2.05, 4.69) is 5.32 Å². The molecule has 0 spiro atoms. The first-order valence-electron chi connectivity index (χ1n) is 7.18. The number of carbonyl (C=O) groups excluding carboxylic acids is 1. The first-order valence-corrected chi connectivity index (χ1v) is 8.13. The van der Waals surface area contributed by atoms with Gasteiger partial charge in [0.25, 0.3) is 0 Å². The van der Waals surface area contributed by atoms with Gasteiger partial charge in [0.2, 0.25) is 5.91 Å². The Hall–Kier alpha value is -1.85. The summed E-state index contributed by atoms with van der Waals surface area (Å²) in [7, 11) is 0.